The molecule has 0 saturated heterocycles. The molecule has 1 aromatic rings. The summed E-state index contributed by atoms with van der Waals surface area (Å²) in [5.74, 6) is 0.452. The number of fused-ring (bicyclic) bond motifs is 7. The predicted molar refractivity (Wildman–Crippen MR) is 196 cm³/mol. The summed E-state index contributed by atoms with van der Waals surface area (Å²) in [6, 6.07) is 4.82. The molecule has 0 bridgehead atoms. The molecule has 0 heterocycles. The molecule has 0 amide bonds. The molecule has 7 heteroatoms. The van der Waals surface area contributed by atoms with Crippen molar-refractivity contribution in [1.29, 1.82) is 0 Å². The van der Waals surface area contributed by atoms with E-state index in [4.69, 9.17) is 19.9 Å². The highest BCUT2D eigenvalue weighted by Gasteiger charge is 2.68. The van der Waals surface area contributed by atoms with E-state index in [0.29, 0.717) is 28.7 Å². The van der Waals surface area contributed by atoms with Gasteiger partial charge < -0.3 is 19.9 Å². The summed E-state index contributed by atoms with van der Waals surface area (Å²) < 4.78 is 16.7. The van der Waals surface area contributed by atoms with Gasteiger partial charge in [0.15, 0.2) is 11.5 Å². The topological polar surface area (TPSA) is 105 Å². The Hall–Kier alpha value is -2.93. The Balaban J connectivity index is 1.20. The van der Waals surface area contributed by atoms with Crippen LogP contribution in [0.1, 0.15) is 132 Å². The first-order chi connectivity index (χ1) is 23.3. The van der Waals surface area contributed by atoms with Crippen LogP contribution in [0.15, 0.2) is 35.9 Å². The number of esters is 3. The largest absolute Gasteiger partial charge is 0.459 e. The van der Waals surface area contributed by atoms with Crippen LogP contribution in [0.3, 0.4) is 0 Å². The number of carbonyl (C=O) groups is 3. The number of benzene rings is 1. The van der Waals surface area contributed by atoms with Crippen molar-refractivity contribution in [2.45, 2.75) is 133 Å². The lowest BCUT2D eigenvalue weighted by Crippen LogP contribution is -2.65. The summed E-state index contributed by atoms with van der Waals surface area (Å²) in [4.78, 5) is 36.4. The van der Waals surface area contributed by atoms with Crippen LogP contribution in [-0.4, -0.2) is 30.6 Å². The maximum atomic E-state index is 13.3. The van der Waals surface area contributed by atoms with E-state index in [1.807, 2.05) is 0 Å². The van der Waals surface area contributed by atoms with Crippen LogP contribution in [0.5, 0.6) is 11.5 Å². The molecular formula is C43H61NO6. The van der Waals surface area contributed by atoms with E-state index in [2.05, 4.69) is 54.5 Å². The first-order valence-electron chi connectivity index (χ1n) is 19.1. The van der Waals surface area contributed by atoms with Gasteiger partial charge in [-0.25, -0.2) is 4.79 Å². The number of nitrogens with two attached hydrogens (primary N) is 1. The molecule has 4 saturated carbocycles. The Labute approximate surface area is 300 Å². The molecule has 8 unspecified atom stereocenters. The fourth-order valence-electron chi connectivity index (χ4n) is 12.3. The number of ether oxygens (including phenoxy) is 3. The minimum Gasteiger partial charge on any atom is -0.459 e. The van der Waals surface area contributed by atoms with Crippen molar-refractivity contribution in [2.24, 2.45) is 56.0 Å². The van der Waals surface area contributed by atoms with Crippen molar-refractivity contribution in [1.82, 2.24) is 0 Å². The van der Waals surface area contributed by atoms with E-state index >= 15 is 0 Å². The summed E-state index contributed by atoms with van der Waals surface area (Å²) >= 11 is 0. The van der Waals surface area contributed by atoms with Gasteiger partial charge in [-0.15, -0.1) is 0 Å². The Morgan fingerprint density at radius 3 is 2.20 bits per heavy atom. The van der Waals surface area contributed by atoms with Crippen molar-refractivity contribution >= 4 is 24.0 Å². The fourth-order valence-corrected chi connectivity index (χ4v) is 12.3. The first kappa shape index (κ1) is 36.8. The molecule has 274 valence electrons. The molecule has 0 aromatic heterocycles. The average molecular weight is 688 g/mol. The second-order valence-corrected chi connectivity index (χ2v) is 18.8. The van der Waals surface area contributed by atoms with E-state index in [0.717, 1.165) is 32.2 Å². The van der Waals surface area contributed by atoms with E-state index < -0.39 is 11.9 Å². The normalized spacial score (nSPS) is 38.4. The predicted octanol–water partition coefficient (Wildman–Crippen LogP) is 9.22. The fraction of sp³-hybridized carbons (Fsp3) is 0.698. The van der Waals surface area contributed by atoms with Gasteiger partial charge in [-0.3, -0.25) is 9.59 Å². The maximum Gasteiger partial charge on any atom is 0.331 e. The van der Waals surface area contributed by atoms with Gasteiger partial charge in [0.2, 0.25) is 0 Å². The van der Waals surface area contributed by atoms with E-state index in [1.165, 1.54) is 58.4 Å². The van der Waals surface area contributed by atoms with Gasteiger partial charge in [-0.05, 0) is 139 Å². The number of rotatable bonds is 6. The minimum absolute atomic E-state index is 0.119. The number of allylic oxidation sites excluding steroid dienone is 2. The average Bonchev–Trinajstić information content (AvgIpc) is 3.02. The van der Waals surface area contributed by atoms with E-state index in [1.54, 1.807) is 29.8 Å². The molecule has 1 aromatic carbocycles. The van der Waals surface area contributed by atoms with Crippen molar-refractivity contribution in [3.05, 3.63) is 41.5 Å². The summed E-state index contributed by atoms with van der Waals surface area (Å²) in [6.45, 7) is 20.8. The van der Waals surface area contributed by atoms with E-state index in [9.17, 15) is 14.4 Å². The number of carbonyl (C=O) groups excluding carboxylic acids is 3. The third kappa shape index (κ3) is 5.97. The van der Waals surface area contributed by atoms with Crippen molar-refractivity contribution < 1.29 is 28.6 Å². The lowest BCUT2D eigenvalue weighted by molar-refractivity contribution is -0.211. The SMILES string of the molecule is CC(=O)Oc1ccc(C=CC(=O)OC2CCC3(C)C(CCC4(C)C3CC=C3C5CC(C)(C)CCC5(CN)CCC34C)C2(C)C)cc1OC(C)=O. The second kappa shape index (κ2) is 12.6. The quantitative estimate of drug-likeness (QED) is 0.138. The lowest BCUT2D eigenvalue weighted by atomic mass is 9.33. The third-order valence-corrected chi connectivity index (χ3v) is 15.3. The molecular weight excluding hydrogens is 626 g/mol. The Kier molecular flexibility index (Phi) is 9.31. The summed E-state index contributed by atoms with van der Waals surface area (Å²) in [7, 11) is 0. The Morgan fingerprint density at radius 1 is 0.840 bits per heavy atom. The minimum atomic E-state index is -0.534. The van der Waals surface area contributed by atoms with Crippen molar-refractivity contribution in [2.75, 3.05) is 6.54 Å². The molecule has 7 nitrogen and oxygen atoms in total. The molecule has 6 rings (SSSR count). The summed E-state index contributed by atoms with van der Waals surface area (Å²) in [6.07, 6.45) is 17.3. The molecule has 50 heavy (non-hydrogen) atoms. The molecule has 0 radical (unpaired) electrons. The zero-order chi connectivity index (χ0) is 36.5. The van der Waals surface area contributed by atoms with Crippen molar-refractivity contribution in [3.63, 3.8) is 0 Å². The van der Waals surface area contributed by atoms with Crippen LogP contribution in [0, 0.1) is 50.2 Å². The Bertz CT molecular complexity index is 1610. The summed E-state index contributed by atoms with van der Waals surface area (Å²) in [5, 5.41) is 0. The van der Waals surface area contributed by atoms with Crippen LogP contribution in [0.4, 0.5) is 0 Å². The van der Waals surface area contributed by atoms with Gasteiger partial charge in [0.25, 0.3) is 0 Å². The molecule has 0 aliphatic heterocycles. The van der Waals surface area contributed by atoms with Crippen LogP contribution >= 0.6 is 0 Å². The van der Waals surface area contributed by atoms with Gasteiger partial charge in [-0.2, -0.15) is 0 Å². The van der Waals surface area contributed by atoms with Gasteiger partial charge in [0.05, 0.1) is 0 Å². The maximum absolute atomic E-state index is 13.3. The monoisotopic (exact) mass is 687 g/mol. The van der Waals surface area contributed by atoms with Crippen LogP contribution in [0.25, 0.3) is 6.08 Å². The summed E-state index contributed by atoms with van der Waals surface area (Å²) in [5.41, 5.74) is 10.0. The first-order valence-corrected chi connectivity index (χ1v) is 19.1. The molecule has 5 aliphatic carbocycles. The van der Waals surface area contributed by atoms with Gasteiger partial charge >= 0.3 is 17.9 Å². The zero-order valence-corrected chi connectivity index (χ0v) is 32.1. The Morgan fingerprint density at radius 2 is 1.52 bits per heavy atom. The number of hydrogen-bond donors (Lipinski definition) is 1. The zero-order valence-electron chi connectivity index (χ0n) is 32.1. The molecule has 0 spiro atoms. The van der Waals surface area contributed by atoms with Crippen LogP contribution in [-0.2, 0) is 19.1 Å². The van der Waals surface area contributed by atoms with Gasteiger partial charge in [0, 0.05) is 25.3 Å². The van der Waals surface area contributed by atoms with Crippen LogP contribution < -0.4 is 15.2 Å². The van der Waals surface area contributed by atoms with Gasteiger partial charge in [-0.1, -0.05) is 66.2 Å². The third-order valence-electron chi connectivity index (χ3n) is 15.3. The second-order valence-electron chi connectivity index (χ2n) is 18.8. The molecule has 4 fully saturated rings. The standard InChI is InChI=1S/C43H61NO6/c1-27(45)48-32-13-10-29(24-33(32)49-28(2)46)11-15-37(47)50-36-17-18-40(7)34(39(36,5)6)16-19-42(9)35(40)14-12-30-31-25-38(3,4)20-22-43(31,26-44)23-21-41(30,42)8/h10-13,15,24,31,34-36H,14,16-23,25-26,44H2,1-9H3. The number of hydrogen-bond acceptors (Lipinski definition) is 7. The lowest BCUT2D eigenvalue weighted by Gasteiger charge is -2.71. The molecule has 8 atom stereocenters. The highest BCUT2D eigenvalue weighted by atomic mass is 16.6. The van der Waals surface area contributed by atoms with Crippen LogP contribution in [0.2, 0.25) is 0 Å². The molecule has 5 aliphatic rings. The highest BCUT2D eigenvalue weighted by molar-refractivity contribution is 5.87. The smallest absolute Gasteiger partial charge is 0.331 e. The van der Waals surface area contributed by atoms with E-state index in [-0.39, 0.29) is 50.6 Å². The van der Waals surface area contributed by atoms with Crippen molar-refractivity contribution in [3.8, 4) is 11.5 Å². The molecule has 2 N–H and O–H groups in total. The van der Waals surface area contributed by atoms with Gasteiger partial charge in [0.1, 0.15) is 6.10 Å². The highest BCUT2D eigenvalue weighted by Crippen LogP contribution is 2.75.